The van der Waals surface area contributed by atoms with Gasteiger partial charge in [-0.3, -0.25) is 0 Å². The first-order chi connectivity index (χ1) is 27.7. The standard InChI is InChI=1S/C52H43N5/c1-7-18-42-36(8-2)38-27-29-40-44(46(38)53-42)51(3,4)41-30-28-39-37-25-15-16-26-43(37)57(47(39)45(41)52(40,5)6)35-24-17-23-34(31-35)50-55-48(32-19-11-9-12-20-32)54-49(56-50)33-21-13-10-14-22-33/h7-31,53H,2H2,1,3-6H3/b18-7-. The molecule has 1 aliphatic rings. The quantitative estimate of drug-likeness (QED) is 0.185. The highest BCUT2D eigenvalue weighted by Crippen LogP contribution is 2.55. The Balaban J connectivity index is 1.23. The number of hydrogen-bond donors (Lipinski definition) is 1. The number of H-pyrrole nitrogens is 1. The predicted octanol–water partition coefficient (Wildman–Crippen LogP) is 13.1. The van der Waals surface area contributed by atoms with Crippen LogP contribution in [-0.4, -0.2) is 24.5 Å². The second-order valence-corrected chi connectivity index (χ2v) is 16.1. The smallest absolute Gasteiger partial charge is 0.164 e. The van der Waals surface area contributed by atoms with Crippen LogP contribution in [0.2, 0.25) is 0 Å². The van der Waals surface area contributed by atoms with Gasteiger partial charge in [0.2, 0.25) is 0 Å². The van der Waals surface area contributed by atoms with Crippen LogP contribution in [0.1, 0.15) is 68.1 Å². The predicted molar refractivity (Wildman–Crippen MR) is 238 cm³/mol. The number of nitrogens with one attached hydrogen (secondary N) is 1. The summed E-state index contributed by atoms with van der Waals surface area (Å²) in [7, 11) is 0. The highest BCUT2D eigenvalue weighted by molar-refractivity contribution is 6.11. The highest BCUT2D eigenvalue weighted by Gasteiger charge is 2.45. The number of rotatable bonds is 6. The topological polar surface area (TPSA) is 59.4 Å². The summed E-state index contributed by atoms with van der Waals surface area (Å²) in [4.78, 5) is 19.0. The van der Waals surface area contributed by atoms with E-state index in [1.807, 2.05) is 66.7 Å². The van der Waals surface area contributed by atoms with E-state index >= 15 is 0 Å². The maximum atomic E-state index is 5.09. The normalized spacial score (nSPS) is 14.3. The molecule has 0 aliphatic heterocycles. The molecule has 5 heteroatoms. The maximum absolute atomic E-state index is 5.09. The molecule has 0 amide bonds. The number of aromatic nitrogens is 5. The number of nitrogens with zero attached hydrogens (tertiary/aromatic N) is 4. The first kappa shape index (κ1) is 34.6. The van der Waals surface area contributed by atoms with Crippen molar-refractivity contribution in [2.24, 2.45) is 0 Å². The first-order valence-electron chi connectivity index (χ1n) is 19.7. The van der Waals surface area contributed by atoms with Crippen LogP contribution in [0.5, 0.6) is 0 Å². The van der Waals surface area contributed by atoms with Gasteiger partial charge in [0.15, 0.2) is 17.5 Å². The van der Waals surface area contributed by atoms with Crippen molar-refractivity contribution in [3.05, 3.63) is 180 Å². The molecule has 9 aromatic rings. The molecule has 0 atom stereocenters. The zero-order valence-electron chi connectivity index (χ0n) is 32.9. The summed E-state index contributed by atoms with van der Waals surface area (Å²) in [5.74, 6) is 1.93. The number of para-hydroxylation sites is 1. The van der Waals surface area contributed by atoms with Gasteiger partial charge in [-0.1, -0.05) is 162 Å². The summed E-state index contributed by atoms with van der Waals surface area (Å²) >= 11 is 0. The lowest BCUT2D eigenvalue weighted by Gasteiger charge is -2.44. The molecule has 0 radical (unpaired) electrons. The molecule has 276 valence electrons. The van der Waals surface area contributed by atoms with Crippen LogP contribution in [0.4, 0.5) is 0 Å². The fourth-order valence-electron chi connectivity index (χ4n) is 9.46. The highest BCUT2D eigenvalue weighted by atomic mass is 15.0. The molecule has 0 unspecified atom stereocenters. The Morgan fingerprint density at radius 2 is 1.14 bits per heavy atom. The van der Waals surface area contributed by atoms with Crippen molar-refractivity contribution in [1.82, 2.24) is 24.5 Å². The maximum Gasteiger partial charge on any atom is 0.164 e. The van der Waals surface area contributed by atoms with E-state index in [4.69, 9.17) is 15.0 Å². The van der Waals surface area contributed by atoms with Crippen LogP contribution in [-0.2, 0) is 10.8 Å². The van der Waals surface area contributed by atoms with Crippen LogP contribution < -0.4 is 0 Å². The van der Waals surface area contributed by atoms with Crippen molar-refractivity contribution in [2.75, 3.05) is 0 Å². The molecule has 0 bridgehead atoms. The summed E-state index contributed by atoms with van der Waals surface area (Å²) in [5.41, 5.74) is 14.4. The molecule has 0 fully saturated rings. The zero-order valence-corrected chi connectivity index (χ0v) is 32.9. The van der Waals surface area contributed by atoms with Gasteiger partial charge in [0, 0.05) is 60.6 Å². The van der Waals surface area contributed by atoms with Gasteiger partial charge >= 0.3 is 0 Å². The van der Waals surface area contributed by atoms with Crippen molar-refractivity contribution in [3.8, 4) is 39.9 Å². The van der Waals surface area contributed by atoms with Gasteiger partial charge in [0.25, 0.3) is 0 Å². The van der Waals surface area contributed by atoms with E-state index in [1.54, 1.807) is 0 Å². The van der Waals surface area contributed by atoms with Gasteiger partial charge in [-0.15, -0.1) is 0 Å². The lowest BCUT2D eigenvalue weighted by molar-refractivity contribution is 0.527. The van der Waals surface area contributed by atoms with Crippen molar-refractivity contribution in [1.29, 1.82) is 0 Å². The number of benzene rings is 6. The molecule has 3 aromatic heterocycles. The second kappa shape index (κ2) is 12.9. The van der Waals surface area contributed by atoms with E-state index in [0.29, 0.717) is 17.5 Å². The van der Waals surface area contributed by atoms with Gasteiger partial charge in [0.1, 0.15) is 0 Å². The van der Waals surface area contributed by atoms with Crippen LogP contribution in [0.3, 0.4) is 0 Å². The Hall–Kier alpha value is -6.85. The Bertz CT molecular complexity index is 3030. The average molecular weight is 738 g/mol. The minimum absolute atomic E-state index is 0.305. The monoisotopic (exact) mass is 737 g/mol. The van der Waals surface area contributed by atoms with Crippen molar-refractivity contribution in [3.63, 3.8) is 0 Å². The fourth-order valence-corrected chi connectivity index (χ4v) is 9.46. The van der Waals surface area contributed by atoms with E-state index in [-0.39, 0.29) is 10.8 Å². The molecule has 0 saturated heterocycles. The molecule has 57 heavy (non-hydrogen) atoms. The summed E-state index contributed by atoms with van der Waals surface area (Å²) in [6.45, 7) is 15.8. The van der Waals surface area contributed by atoms with Gasteiger partial charge in [0.05, 0.1) is 16.6 Å². The Kier molecular flexibility index (Phi) is 7.81. The molecule has 5 nitrogen and oxygen atoms in total. The third kappa shape index (κ3) is 5.19. The summed E-state index contributed by atoms with van der Waals surface area (Å²) in [6.07, 6.45) is 6.22. The van der Waals surface area contributed by atoms with Crippen molar-refractivity contribution >= 4 is 44.9 Å². The van der Waals surface area contributed by atoms with Crippen LogP contribution >= 0.6 is 0 Å². The minimum Gasteiger partial charge on any atom is -0.354 e. The minimum atomic E-state index is -0.332. The molecular formula is C52H43N5. The van der Waals surface area contributed by atoms with Crippen LogP contribution in [0.15, 0.2) is 146 Å². The summed E-state index contributed by atoms with van der Waals surface area (Å²) in [5, 5.41) is 3.68. The van der Waals surface area contributed by atoms with E-state index < -0.39 is 0 Å². The van der Waals surface area contributed by atoms with Crippen molar-refractivity contribution in [2.45, 2.75) is 45.4 Å². The lowest BCUT2D eigenvalue weighted by Crippen LogP contribution is -2.37. The van der Waals surface area contributed by atoms with Gasteiger partial charge in [-0.05, 0) is 53.5 Å². The summed E-state index contributed by atoms with van der Waals surface area (Å²) in [6, 6.07) is 47.2. The molecule has 0 spiro atoms. The molecule has 3 heterocycles. The molecule has 1 aliphatic carbocycles. The lowest BCUT2D eigenvalue weighted by atomic mass is 9.59. The number of aromatic amines is 1. The van der Waals surface area contributed by atoms with Crippen LogP contribution in [0, 0.1) is 0 Å². The third-order valence-corrected chi connectivity index (χ3v) is 12.1. The summed E-state index contributed by atoms with van der Waals surface area (Å²) < 4.78 is 2.47. The first-order valence-corrected chi connectivity index (χ1v) is 19.7. The molecule has 10 rings (SSSR count). The van der Waals surface area contributed by atoms with Gasteiger partial charge in [-0.25, -0.2) is 15.0 Å². The Morgan fingerprint density at radius 1 is 0.579 bits per heavy atom. The van der Waals surface area contributed by atoms with E-state index in [1.165, 1.54) is 49.4 Å². The van der Waals surface area contributed by atoms with E-state index in [0.717, 1.165) is 39.2 Å². The molecular weight excluding hydrogens is 695 g/mol. The second-order valence-electron chi connectivity index (χ2n) is 16.1. The van der Waals surface area contributed by atoms with E-state index in [9.17, 15) is 0 Å². The number of fused-ring (bicyclic) bond motifs is 8. The number of hydrogen-bond acceptors (Lipinski definition) is 3. The SMILES string of the molecule is C=Cc1c(/C=C\C)[nH]c2c3c(ccc12)C(C)(C)c1c(ccc2c4ccccc4n(-c4cccc(-c5nc(-c6ccccc6)nc(-c6ccccc6)n5)c4)c12)C3(C)C. The van der Waals surface area contributed by atoms with Crippen LogP contribution in [0.25, 0.3) is 84.7 Å². The fraction of sp³-hybridized carbons (Fsp3) is 0.135. The average Bonchev–Trinajstić information content (AvgIpc) is 3.78. The number of allylic oxidation sites excluding steroid dienone is 1. The largest absolute Gasteiger partial charge is 0.354 e. The third-order valence-electron chi connectivity index (χ3n) is 12.1. The Morgan fingerprint density at radius 3 is 1.79 bits per heavy atom. The molecule has 1 N–H and O–H groups in total. The van der Waals surface area contributed by atoms with Crippen molar-refractivity contribution < 1.29 is 0 Å². The van der Waals surface area contributed by atoms with E-state index in [2.05, 4.69) is 136 Å². The zero-order chi connectivity index (χ0) is 39.1. The van der Waals surface area contributed by atoms with Gasteiger partial charge in [-0.2, -0.15) is 0 Å². The Labute approximate surface area is 333 Å². The molecule has 6 aromatic carbocycles. The van der Waals surface area contributed by atoms with Gasteiger partial charge < -0.3 is 9.55 Å². The molecule has 0 saturated carbocycles.